The summed E-state index contributed by atoms with van der Waals surface area (Å²) < 4.78 is 16.7. The highest BCUT2D eigenvalue weighted by Crippen LogP contribution is 2.30. The average Bonchev–Trinajstić information content (AvgIpc) is 2.71. The second kappa shape index (κ2) is 15.7. The lowest BCUT2D eigenvalue weighted by atomic mass is 9.83. The zero-order valence-corrected chi connectivity index (χ0v) is 26.5. The van der Waals surface area contributed by atoms with Crippen molar-refractivity contribution in [1.29, 1.82) is 0 Å². The lowest BCUT2D eigenvalue weighted by Crippen LogP contribution is -2.37. The molecule has 3 atom stereocenters. The van der Waals surface area contributed by atoms with Crippen LogP contribution in [0.15, 0.2) is 0 Å². The third-order valence-electron chi connectivity index (χ3n) is 6.66. The molecular weight excluding hydrogens is 514 g/mol. The van der Waals surface area contributed by atoms with Gasteiger partial charge in [0, 0.05) is 19.3 Å². The fraction of sp³-hybridized carbons (Fsp3) is 0.871. The van der Waals surface area contributed by atoms with Crippen LogP contribution in [0.2, 0.25) is 0 Å². The standard InChI is InChI=1S/C31H55NO8/c1-29(2,3)38-26(35)19-22-10-12-23(18-25(33)34)14-16-32(21-28(37)40-31(7,8)9)17-15-24(13-11-22)20-27(36)39-30(4,5)6/h22-24H,10-21H2,1-9H3,(H,33,34). The van der Waals surface area contributed by atoms with E-state index in [1.807, 2.05) is 67.2 Å². The Morgan fingerprint density at radius 3 is 1.25 bits per heavy atom. The van der Waals surface area contributed by atoms with Crippen molar-refractivity contribution < 1.29 is 38.5 Å². The van der Waals surface area contributed by atoms with Crippen molar-refractivity contribution in [3.63, 3.8) is 0 Å². The van der Waals surface area contributed by atoms with Crippen LogP contribution < -0.4 is 0 Å². The Morgan fingerprint density at radius 2 is 0.900 bits per heavy atom. The molecule has 1 aliphatic heterocycles. The van der Waals surface area contributed by atoms with Gasteiger partial charge in [0.1, 0.15) is 16.8 Å². The molecule has 1 N–H and O–H groups in total. The van der Waals surface area contributed by atoms with Crippen LogP contribution in [0.1, 0.15) is 120 Å². The number of carboxylic acids is 1. The molecule has 3 unspecified atom stereocenters. The Morgan fingerprint density at radius 1 is 0.575 bits per heavy atom. The van der Waals surface area contributed by atoms with Gasteiger partial charge in [0.05, 0.1) is 6.54 Å². The van der Waals surface area contributed by atoms with Crippen molar-refractivity contribution in [2.75, 3.05) is 19.6 Å². The topological polar surface area (TPSA) is 119 Å². The fourth-order valence-electron chi connectivity index (χ4n) is 5.03. The number of ether oxygens (including phenoxy) is 3. The van der Waals surface area contributed by atoms with Gasteiger partial charge in [0.25, 0.3) is 0 Å². The maximum atomic E-state index is 12.7. The lowest BCUT2D eigenvalue weighted by molar-refractivity contribution is -0.158. The van der Waals surface area contributed by atoms with Gasteiger partial charge in [-0.05, 0) is 132 Å². The summed E-state index contributed by atoms with van der Waals surface area (Å²) in [4.78, 5) is 51.7. The van der Waals surface area contributed by atoms with Crippen LogP contribution in [0.5, 0.6) is 0 Å². The van der Waals surface area contributed by atoms with Gasteiger partial charge >= 0.3 is 23.9 Å². The summed E-state index contributed by atoms with van der Waals surface area (Å²) in [5.41, 5.74) is -1.76. The first kappa shape index (κ1) is 35.9. The molecule has 9 heteroatoms. The normalized spacial score (nSPS) is 22.4. The van der Waals surface area contributed by atoms with Crippen LogP contribution in [0.4, 0.5) is 0 Å². The Labute approximate surface area is 241 Å². The van der Waals surface area contributed by atoms with Gasteiger partial charge < -0.3 is 19.3 Å². The minimum atomic E-state index is -0.850. The molecule has 1 aliphatic rings. The summed E-state index contributed by atoms with van der Waals surface area (Å²) in [5, 5.41) is 9.53. The molecule has 0 aromatic rings. The van der Waals surface area contributed by atoms with Crippen LogP contribution in [0.3, 0.4) is 0 Å². The van der Waals surface area contributed by atoms with Crippen molar-refractivity contribution in [3.05, 3.63) is 0 Å². The minimum Gasteiger partial charge on any atom is -0.481 e. The Kier molecular flexibility index (Phi) is 14.1. The van der Waals surface area contributed by atoms with Crippen molar-refractivity contribution in [1.82, 2.24) is 4.90 Å². The molecule has 0 spiro atoms. The van der Waals surface area contributed by atoms with Gasteiger partial charge in [0.2, 0.25) is 0 Å². The zero-order valence-electron chi connectivity index (χ0n) is 26.5. The van der Waals surface area contributed by atoms with Crippen molar-refractivity contribution in [3.8, 4) is 0 Å². The molecule has 1 heterocycles. The largest absolute Gasteiger partial charge is 0.481 e. The molecule has 40 heavy (non-hydrogen) atoms. The molecular formula is C31H55NO8. The number of carbonyl (C=O) groups is 4. The first-order chi connectivity index (χ1) is 18.2. The highest BCUT2D eigenvalue weighted by atomic mass is 16.6. The number of aliphatic carboxylic acids is 1. The predicted octanol–water partition coefficient (Wildman–Crippen LogP) is 5.77. The van der Waals surface area contributed by atoms with E-state index in [9.17, 15) is 24.3 Å². The van der Waals surface area contributed by atoms with Crippen LogP contribution >= 0.6 is 0 Å². The van der Waals surface area contributed by atoms with Crippen LogP contribution in [-0.4, -0.2) is 70.3 Å². The number of carboxylic acid groups (broad SMARTS) is 1. The minimum absolute atomic E-state index is 0.0198. The molecule has 232 valence electrons. The van der Waals surface area contributed by atoms with Gasteiger partial charge in [-0.2, -0.15) is 0 Å². The zero-order chi connectivity index (χ0) is 30.7. The quantitative estimate of drug-likeness (QED) is 0.287. The summed E-state index contributed by atoms with van der Waals surface area (Å²) in [7, 11) is 0. The summed E-state index contributed by atoms with van der Waals surface area (Å²) in [6.45, 7) is 17.8. The van der Waals surface area contributed by atoms with Gasteiger partial charge in [-0.15, -0.1) is 0 Å². The molecule has 1 fully saturated rings. The Bertz CT molecular complexity index is 788. The highest BCUT2D eigenvalue weighted by molar-refractivity contribution is 5.72. The first-order valence-corrected chi connectivity index (χ1v) is 14.8. The van der Waals surface area contributed by atoms with E-state index in [2.05, 4.69) is 0 Å². The van der Waals surface area contributed by atoms with E-state index in [4.69, 9.17) is 14.2 Å². The molecule has 0 aromatic heterocycles. The van der Waals surface area contributed by atoms with E-state index in [0.29, 0.717) is 38.8 Å². The third kappa shape index (κ3) is 18.2. The van der Waals surface area contributed by atoms with Gasteiger partial charge in [-0.25, -0.2) is 0 Å². The molecule has 1 saturated heterocycles. The third-order valence-corrected chi connectivity index (χ3v) is 6.66. The number of hydrogen-bond donors (Lipinski definition) is 1. The number of nitrogens with zero attached hydrogens (tertiary/aromatic N) is 1. The van der Waals surface area contributed by atoms with Crippen molar-refractivity contribution in [2.24, 2.45) is 17.8 Å². The SMILES string of the molecule is CC(C)(C)OC(=O)CC1CCC(CC(=O)O)CCN(CC(=O)OC(C)(C)C)CCC(CC(=O)OC(C)(C)C)CC1. The maximum absolute atomic E-state index is 12.7. The summed E-state index contributed by atoms with van der Waals surface area (Å²) >= 11 is 0. The highest BCUT2D eigenvalue weighted by Gasteiger charge is 2.28. The van der Waals surface area contributed by atoms with Crippen molar-refractivity contribution in [2.45, 2.75) is 137 Å². The fourth-order valence-corrected chi connectivity index (χ4v) is 5.03. The van der Waals surface area contributed by atoms with E-state index >= 15 is 0 Å². The van der Waals surface area contributed by atoms with Gasteiger partial charge in [-0.1, -0.05) is 0 Å². The average molecular weight is 570 g/mol. The van der Waals surface area contributed by atoms with Crippen LogP contribution in [0, 0.1) is 17.8 Å². The number of esters is 3. The van der Waals surface area contributed by atoms with Crippen LogP contribution in [0.25, 0.3) is 0 Å². The summed E-state index contributed by atoms with van der Waals surface area (Å²) in [6, 6.07) is 0. The second-order valence-corrected chi connectivity index (χ2v) is 14.4. The molecule has 0 aliphatic carbocycles. The van der Waals surface area contributed by atoms with Gasteiger partial charge in [0.15, 0.2) is 0 Å². The molecule has 0 aromatic carbocycles. The maximum Gasteiger partial charge on any atom is 0.320 e. The smallest absolute Gasteiger partial charge is 0.320 e. The predicted molar refractivity (Wildman–Crippen MR) is 154 cm³/mol. The molecule has 0 radical (unpaired) electrons. The Hall–Kier alpha value is -2.16. The monoisotopic (exact) mass is 569 g/mol. The molecule has 0 bridgehead atoms. The van der Waals surface area contributed by atoms with Crippen molar-refractivity contribution >= 4 is 23.9 Å². The van der Waals surface area contributed by atoms with E-state index in [1.54, 1.807) is 0 Å². The van der Waals surface area contributed by atoms with E-state index in [-0.39, 0.29) is 61.5 Å². The second-order valence-electron chi connectivity index (χ2n) is 14.4. The molecule has 1 rings (SSSR count). The summed E-state index contributed by atoms with van der Waals surface area (Å²) in [6.07, 6.45) is 4.66. The number of carbonyl (C=O) groups excluding carboxylic acids is 3. The van der Waals surface area contributed by atoms with E-state index in [0.717, 1.165) is 12.8 Å². The number of rotatable bonds is 8. The lowest BCUT2D eigenvalue weighted by Gasteiger charge is -2.30. The van der Waals surface area contributed by atoms with Gasteiger partial charge in [-0.3, -0.25) is 24.1 Å². The molecule has 0 amide bonds. The van der Waals surface area contributed by atoms with E-state index < -0.39 is 22.8 Å². The number of hydrogen-bond acceptors (Lipinski definition) is 8. The summed E-state index contributed by atoms with van der Waals surface area (Å²) in [5.74, 6) is -1.71. The Balaban J connectivity index is 3.13. The first-order valence-electron chi connectivity index (χ1n) is 14.8. The molecule has 9 nitrogen and oxygen atoms in total. The van der Waals surface area contributed by atoms with E-state index in [1.165, 1.54) is 0 Å². The molecule has 0 saturated carbocycles. The van der Waals surface area contributed by atoms with Crippen LogP contribution in [-0.2, 0) is 33.4 Å².